The van der Waals surface area contributed by atoms with Crippen molar-refractivity contribution in [3.8, 4) is 11.1 Å². The van der Waals surface area contributed by atoms with Crippen LogP contribution >= 0.6 is 23.2 Å². The van der Waals surface area contributed by atoms with Gasteiger partial charge in [-0.25, -0.2) is 0 Å². The fourth-order valence-electron chi connectivity index (χ4n) is 2.34. The third-order valence-corrected chi connectivity index (χ3v) is 4.63. The van der Waals surface area contributed by atoms with Gasteiger partial charge < -0.3 is 4.74 Å². The zero-order chi connectivity index (χ0) is 16.8. The zero-order valence-electron chi connectivity index (χ0n) is 13.3. The van der Waals surface area contributed by atoms with Gasteiger partial charge in [-0.05, 0) is 30.5 Å². The number of alkyl halides is 1. The van der Waals surface area contributed by atoms with Crippen LogP contribution in [0.2, 0.25) is 5.02 Å². The largest absolute Gasteiger partial charge is 0.466 e. The van der Waals surface area contributed by atoms with E-state index in [1.54, 1.807) is 13.8 Å². The summed E-state index contributed by atoms with van der Waals surface area (Å²) in [4.78, 5) is 11.7. The van der Waals surface area contributed by atoms with Crippen LogP contribution in [0, 0.1) is 5.92 Å². The first kappa shape index (κ1) is 17.8. The van der Waals surface area contributed by atoms with Crippen molar-refractivity contribution in [1.29, 1.82) is 0 Å². The van der Waals surface area contributed by atoms with E-state index in [0.29, 0.717) is 13.0 Å². The highest BCUT2D eigenvalue weighted by Crippen LogP contribution is 2.28. The quantitative estimate of drug-likeness (QED) is 0.518. The molecule has 0 heterocycles. The molecule has 0 aliphatic heterocycles. The van der Waals surface area contributed by atoms with Crippen LogP contribution in [-0.4, -0.2) is 18.0 Å². The lowest BCUT2D eigenvalue weighted by molar-refractivity contribution is -0.147. The van der Waals surface area contributed by atoms with Gasteiger partial charge in [0.15, 0.2) is 0 Å². The molecular weight excluding hydrogens is 331 g/mol. The molecule has 2 rings (SSSR count). The highest BCUT2D eigenvalue weighted by molar-refractivity contribution is 6.33. The van der Waals surface area contributed by atoms with Gasteiger partial charge in [0, 0.05) is 10.6 Å². The average molecular weight is 351 g/mol. The monoisotopic (exact) mass is 350 g/mol. The summed E-state index contributed by atoms with van der Waals surface area (Å²) >= 11 is 12.6. The average Bonchev–Trinajstić information content (AvgIpc) is 2.55. The van der Waals surface area contributed by atoms with E-state index < -0.39 is 0 Å². The molecular formula is C19H20Cl2O2. The molecule has 0 aromatic heterocycles. The van der Waals surface area contributed by atoms with E-state index >= 15 is 0 Å². The van der Waals surface area contributed by atoms with Crippen LogP contribution in [0.15, 0.2) is 48.5 Å². The zero-order valence-corrected chi connectivity index (χ0v) is 14.8. The fraction of sp³-hybridized carbons (Fsp3) is 0.316. The Morgan fingerprint density at radius 2 is 1.78 bits per heavy atom. The van der Waals surface area contributed by atoms with E-state index in [0.717, 1.165) is 21.7 Å². The number of carbonyl (C=O) groups is 1. The number of hydrogen-bond donors (Lipinski definition) is 0. The first-order valence-corrected chi connectivity index (χ1v) is 8.49. The second-order valence-corrected chi connectivity index (χ2v) is 6.41. The van der Waals surface area contributed by atoms with Crippen LogP contribution in [0.3, 0.4) is 0 Å². The van der Waals surface area contributed by atoms with Crippen LogP contribution in [0.5, 0.6) is 0 Å². The molecule has 4 heteroatoms. The predicted octanol–water partition coefficient (Wildman–Crippen LogP) is 5.36. The third kappa shape index (κ3) is 4.73. The summed E-state index contributed by atoms with van der Waals surface area (Å²) in [6, 6.07) is 15.8. The topological polar surface area (TPSA) is 26.3 Å². The van der Waals surface area contributed by atoms with Crippen LogP contribution in [0.25, 0.3) is 11.1 Å². The van der Waals surface area contributed by atoms with Crippen molar-refractivity contribution in [2.45, 2.75) is 25.6 Å². The van der Waals surface area contributed by atoms with Crippen molar-refractivity contribution in [3.63, 3.8) is 0 Å². The molecule has 0 amide bonds. The molecule has 23 heavy (non-hydrogen) atoms. The molecule has 0 saturated heterocycles. The molecule has 0 radical (unpaired) electrons. The minimum Gasteiger partial charge on any atom is -0.466 e. The second kappa shape index (κ2) is 8.37. The number of benzene rings is 2. The van der Waals surface area contributed by atoms with Gasteiger partial charge in [-0.3, -0.25) is 4.79 Å². The Morgan fingerprint density at radius 1 is 1.13 bits per heavy atom. The SMILES string of the molecule is CCOC(=O)C(C)C(Cl)Cc1ccc(-c2ccccc2Cl)cc1. The number of halogens is 2. The van der Waals surface area contributed by atoms with Crippen molar-refractivity contribution >= 4 is 29.2 Å². The third-order valence-electron chi connectivity index (χ3n) is 3.77. The van der Waals surface area contributed by atoms with E-state index in [-0.39, 0.29) is 17.3 Å². The normalized spacial score (nSPS) is 13.4. The molecule has 0 saturated carbocycles. The summed E-state index contributed by atoms with van der Waals surface area (Å²) < 4.78 is 5.01. The lowest BCUT2D eigenvalue weighted by atomic mass is 9.98. The van der Waals surface area contributed by atoms with E-state index in [1.807, 2.05) is 48.5 Å². The highest BCUT2D eigenvalue weighted by atomic mass is 35.5. The predicted molar refractivity (Wildman–Crippen MR) is 96.0 cm³/mol. The Kier molecular flexibility index (Phi) is 6.49. The van der Waals surface area contributed by atoms with Crippen molar-refractivity contribution in [1.82, 2.24) is 0 Å². The molecule has 2 aromatic carbocycles. The van der Waals surface area contributed by atoms with Gasteiger partial charge >= 0.3 is 5.97 Å². The summed E-state index contributed by atoms with van der Waals surface area (Å²) in [5.41, 5.74) is 3.14. The van der Waals surface area contributed by atoms with E-state index in [4.69, 9.17) is 27.9 Å². The summed E-state index contributed by atoms with van der Waals surface area (Å²) in [7, 11) is 0. The van der Waals surface area contributed by atoms with Gasteiger partial charge in [0.1, 0.15) is 0 Å². The number of hydrogen-bond acceptors (Lipinski definition) is 2. The van der Waals surface area contributed by atoms with Gasteiger partial charge in [0.2, 0.25) is 0 Å². The van der Waals surface area contributed by atoms with E-state index in [9.17, 15) is 4.79 Å². The molecule has 0 bridgehead atoms. The van der Waals surface area contributed by atoms with Gasteiger partial charge in [-0.1, -0.05) is 61.0 Å². The van der Waals surface area contributed by atoms with Crippen molar-refractivity contribution in [2.24, 2.45) is 5.92 Å². The molecule has 122 valence electrons. The van der Waals surface area contributed by atoms with Crippen molar-refractivity contribution in [3.05, 3.63) is 59.1 Å². The van der Waals surface area contributed by atoms with E-state index in [1.165, 1.54) is 0 Å². The lowest BCUT2D eigenvalue weighted by Crippen LogP contribution is -2.25. The van der Waals surface area contributed by atoms with Gasteiger partial charge in [0.05, 0.1) is 17.9 Å². The smallest absolute Gasteiger partial charge is 0.310 e. The molecule has 0 N–H and O–H groups in total. The molecule has 2 unspecified atom stereocenters. The maximum atomic E-state index is 11.7. The number of esters is 1. The molecule has 2 atom stereocenters. The minimum absolute atomic E-state index is 0.250. The number of rotatable bonds is 6. The van der Waals surface area contributed by atoms with Crippen molar-refractivity contribution < 1.29 is 9.53 Å². The summed E-state index contributed by atoms with van der Waals surface area (Å²) in [5.74, 6) is -0.583. The standard InChI is InChI=1S/C19H20Cl2O2/c1-3-23-19(22)13(2)18(21)12-14-8-10-15(11-9-14)16-6-4-5-7-17(16)20/h4-11,13,18H,3,12H2,1-2H3. The Bertz CT molecular complexity index is 653. The minimum atomic E-state index is -0.333. The molecule has 0 aliphatic carbocycles. The Morgan fingerprint density at radius 3 is 2.39 bits per heavy atom. The van der Waals surface area contributed by atoms with Crippen LogP contribution in [0.1, 0.15) is 19.4 Å². The van der Waals surface area contributed by atoms with Gasteiger partial charge in [-0.2, -0.15) is 0 Å². The van der Waals surface area contributed by atoms with E-state index in [2.05, 4.69) is 0 Å². The maximum absolute atomic E-state index is 11.7. The molecule has 0 spiro atoms. The highest BCUT2D eigenvalue weighted by Gasteiger charge is 2.23. The Labute approximate surface area is 147 Å². The number of ether oxygens (including phenoxy) is 1. The van der Waals surface area contributed by atoms with Crippen LogP contribution < -0.4 is 0 Å². The summed E-state index contributed by atoms with van der Waals surface area (Å²) in [6.07, 6.45) is 0.615. The molecule has 0 aliphatic rings. The number of carbonyl (C=O) groups excluding carboxylic acids is 1. The van der Waals surface area contributed by atoms with Crippen LogP contribution in [0.4, 0.5) is 0 Å². The van der Waals surface area contributed by atoms with Crippen LogP contribution in [-0.2, 0) is 16.0 Å². The Hall–Kier alpha value is -1.51. The van der Waals surface area contributed by atoms with Gasteiger partial charge in [0.25, 0.3) is 0 Å². The maximum Gasteiger partial charge on any atom is 0.310 e. The summed E-state index contributed by atoms with van der Waals surface area (Å²) in [6.45, 7) is 3.97. The lowest BCUT2D eigenvalue weighted by Gasteiger charge is -2.16. The Balaban J connectivity index is 2.05. The van der Waals surface area contributed by atoms with Crippen molar-refractivity contribution in [2.75, 3.05) is 6.61 Å². The second-order valence-electron chi connectivity index (χ2n) is 5.44. The van der Waals surface area contributed by atoms with Gasteiger partial charge in [-0.15, -0.1) is 11.6 Å². The summed E-state index contributed by atoms with van der Waals surface area (Å²) in [5, 5.41) is 0.437. The first-order chi connectivity index (χ1) is 11.0. The molecule has 2 aromatic rings. The molecule has 2 nitrogen and oxygen atoms in total. The first-order valence-electron chi connectivity index (χ1n) is 7.67. The fourth-order valence-corrected chi connectivity index (χ4v) is 2.86. The molecule has 0 fully saturated rings.